The predicted molar refractivity (Wildman–Crippen MR) is 115 cm³/mol. The van der Waals surface area contributed by atoms with Crippen molar-refractivity contribution in [1.82, 2.24) is 4.90 Å². The van der Waals surface area contributed by atoms with Crippen molar-refractivity contribution in [2.24, 2.45) is 0 Å². The Labute approximate surface area is 172 Å². The van der Waals surface area contributed by atoms with Gasteiger partial charge in [0, 0.05) is 23.2 Å². The SMILES string of the molecule is CC(C)Sc1ccc(CC(=O)N2CCC(c3ccccc3)S(=O)(=O)CC2)cc1. The van der Waals surface area contributed by atoms with Crippen LogP contribution in [-0.2, 0) is 21.1 Å². The topological polar surface area (TPSA) is 54.5 Å². The van der Waals surface area contributed by atoms with Crippen molar-refractivity contribution in [3.05, 3.63) is 65.7 Å². The first-order chi connectivity index (χ1) is 13.3. The smallest absolute Gasteiger partial charge is 0.227 e. The summed E-state index contributed by atoms with van der Waals surface area (Å²) in [6.45, 7) is 5.04. The van der Waals surface area contributed by atoms with E-state index in [0.29, 0.717) is 24.6 Å². The minimum absolute atomic E-state index is 0.00632. The second-order valence-corrected chi connectivity index (χ2v) is 11.4. The van der Waals surface area contributed by atoms with Crippen molar-refractivity contribution in [3.63, 3.8) is 0 Å². The van der Waals surface area contributed by atoms with Crippen LogP contribution in [0.3, 0.4) is 0 Å². The van der Waals surface area contributed by atoms with Gasteiger partial charge in [0.2, 0.25) is 5.91 Å². The van der Waals surface area contributed by atoms with Crippen LogP contribution >= 0.6 is 11.8 Å². The van der Waals surface area contributed by atoms with Crippen LogP contribution in [0.5, 0.6) is 0 Å². The molecule has 28 heavy (non-hydrogen) atoms. The van der Waals surface area contributed by atoms with E-state index in [2.05, 4.69) is 13.8 Å². The van der Waals surface area contributed by atoms with Gasteiger partial charge in [0.1, 0.15) is 0 Å². The molecule has 0 saturated carbocycles. The maximum atomic E-state index is 12.8. The van der Waals surface area contributed by atoms with E-state index >= 15 is 0 Å². The van der Waals surface area contributed by atoms with Crippen LogP contribution in [-0.4, -0.2) is 43.3 Å². The fraction of sp³-hybridized carbons (Fsp3) is 0.409. The maximum Gasteiger partial charge on any atom is 0.227 e. The largest absolute Gasteiger partial charge is 0.341 e. The molecule has 1 unspecified atom stereocenters. The first-order valence-corrected chi connectivity index (χ1v) is 12.2. The molecule has 1 aliphatic rings. The normalized spacial score (nSPS) is 19.4. The molecule has 0 aliphatic carbocycles. The molecule has 2 aromatic carbocycles. The van der Waals surface area contributed by atoms with Crippen LogP contribution in [0.4, 0.5) is 0 Å². The third-order valence-corrected chi connectivity index (χ3v) is 8.06. The van der Waals surface area contributed by atoms with Gasteiger partial charge in [-0.05, 0) is 29.7 Å². The summed E-state index contributed by atoms with van der Waals surface area (Å²) in [7, 11) is -3.27. The van der Waals surface area contributed by atoms with Gasteiger partial charge in [0.15, 0.2) is 9.84 Å². The van der Waals surface area contributed by atoms with Gasteiger partial charge in [-0.1, -0.05) is 56.3 Å². The summed E-state index contributed by atoms with van der Waals surface area (Å²) in [6, 6.07) is 17.4. The lowest BCUT2D eigenvalue weighted by Crippen LogP contribution is -2.34. The monoisotopic (exact) mass is 417 g/mol. The van der Waals surface area contributed by atoms with E-state index in [4.69, 9.17) is 0 Å². The van der Waals surface area contributed by atoms with E-state index in [1.165, 1.54) is 4.90 Å². The Balaban J connectivity index is 1.65. The zero-order valence-corrected chi connectivity index (χ0v) is 18.0. The van der Waals surface area contributed by atoms with Gasteiger partial charge in [0.05, 0.1) is 17.4 Å². The van der Waals surface area contributed by atoms with Crippen LogP contribution in [0, 0.1) is 0 Å². The van der Waals surface area contributed by atoms with E-state index in [9.17, 15) is 13.2 Å². The Kier molecular flexibility index (Phi) is 6.83. The second kappa shape index (κ2) is 9.14. The molecule has 0 N–H and O–H groups in total. The number of nitrogens with zero attached hydrogens (tertiary/aromatic N) is 1. The van der Waals surface area contributed by atoms with Crippen LogP contribution in [0.2, 0.25) is 0 Å². The Hall–Kier alpha value is -1.79. The predicted octanol–water partition coefficient (Wildman–Crippen LogP) is 4.12. The number of benzene rings is 2. The summed E-state index contributed by atoms with van der Waals surface area (Å²) in [5.74, 6) is 0.00982. The van der Waals surface area contributed by atoms with Crippen LogP contribution < -0.4 is 0 Å². The minimum atomic E-state index is -3.27. The van der Waals surface area contributed by atoms with Crippen molar-refractivity contribution >= 4 is 27.5 Å². The van der Waals surface area contributed by atoms with Gasteiger partial charge in [-0.15, -0.1) is 11.8 Å². The average molecular weight is 418 g/mol. The Morgan fingerprint density at radius 2 is 1.75 bits per heavy atom. The number of carbonyl (C=O) groups is 1. The Morgan fingerprint density at radius 3 is 2.39 bits per heavy atom. The highest BCUT2D eigenvalue weighted by Crippen LogP contribution is 2.29. The number of sulfone groups is 1. The summed E-state index contributed by atoms with van der Waals surface area (Å²) in [5, 5.41) is -0.0112. The quantitative estimate of drug-likeness (QED) is 0.687. The van der Waals surface area contributed by atoms with E-state index < -0.39 is 15.1 Å². The summed E-state index contributed by atoms with van der Waals surface area (Å²) in [4.78, 5) is 15.7. The molecule has 1 aliphatic heterocycles. The molecule has 4 nitrogen and oxygen atoms in total. The Morgan fingerprint density at radius 1 is 1.07 bits per heavy atom. The van der Waals surface area contributed by atoms with Gasteiger partial charge in [-0.3, -0.25) is 4.79 Å². The van der Waals surface area contributed by atoms with Gasteiger partial charge < -0.3 is 4.90 Å². The number of amides is 1. The summed E-state index contributed by atoms with van der Waals surface area (Å²) in [6.07, 6.45) is 0.755. The molecule has 2 aromatic rings. The highest BCUT2D eigenvalue weighted by molar-refractivity contribution is 7.99. The van der Waals surface area contributed by atoms with Crippen molar-refractivity contribution in [2.75, 3.05) is 18.8 Å². The standard InChI is InChI=1S/C22H27NO3S2/c1-17(2)27-20-10-8-18(9-11-20)16-22(24)23-13-12-21(28(25,26)15-14-23)19-6-4-3-5-7-19/h3-11,17,21H,12-16H2,1-2H3. The first-order valence-electron chi connectivity index (χ1n) is 9.65. The number of carbonyl (C=O) groups excluding carboxylic acids is 1. The van der Waals surface area contributed by atoms with Crippen LogP contribution in [0.1, 0.15) is 36.6 Å². The third kappa shape index (κ3) is 5.39. The molecule has 150 valence electrons. The highest BCUT2D eigenvalue weighted by atomic mass is 32.2. The molecule has 1 amide bonds. The van der Waals surface area contributed by atoms with Crippen molar-refractivity contribution in [3.8, 4) is 0 Å². The van der Waals surface area contributed by atoms with Crippen molar-refractivity contribution < 1.29 is 13.2 Å². The molecule has 0 bridgehead atoms. The van der Waals surface area contributed by atoms with Crippen molar-refractivity contribution in [2.45, 2.75) is 42.1 Å². The van der Waals surface area contributed by atoms with E-state index in [1.807, 2.05) is 54.6 Å². The third-order valence-electron chi connectivity index (χ3n) is 4.91. The number of hydrogen-bond donors (Lipinski definition) is 0. The lowest BCUT2D eigenvalue weighted by molar-refractivity contribution is -0.130. The first kappa shape index (κ1) is 20.9. The van der Waals surface area contributed by atoms with Gasteiger partial charge in [-0.2, -0.15) is 0 Å². The van der Waals surface area contributed by atoms with Crippen LogP contribution in [0.15, 0.2) is 59.5 Å². The van der Waals surface area contributed by atoms with Gasteiger partial charge >= 0.3 is 0 Å². The molecule has 0 radical (unpaired) electrons. The molecule has 1 heterocycles. The number of rotatable bonds is 5. The molecule has 1 atom stereocenters. The fourth-order valence-corrected chi connectivity index (χ4v) is 6.11. The fourth-order valence-electron chi connectivity index (χ4n) is 3.48. The van der Waals surface area contributed by atoms with Crippen LogP contribution in [0.25, 0.3) is 0 Å². The molecular formula is C22H27NO3S2. The second-order valence-electron chi connectivity index (χ2n) is 7.42. The lowest BCUT2D eigenvalue weighted by Gasteiger charge is -2.20. The van der Waals surface area contributed by atoms with Crippen molar-refractivity contribution in [1.29, 1.82) is 0 Å². The zero-order valence-electron chi connectivity index (χ0n) is 16.4. The number of hydrogen-bond acceptors (Lipinski definition) is 4. The summed E-state index contributed by atoms with van der Waals surface area (Å²) >= 11 is 1.79. The maximum absolute atomic E-state index is 12.8. The number of thioether (sulfide) groups is 1. The zero-order chi connectivity index (χ0) is 20.1. The molecule has 1 fully saturated rings. The van der Waals surface area contributed by atoms with E-state index in [1.54, 1.807) is 16.7 Å². The molecule has 0 aromatic heterocycles. The Bertz CT molecular complexity index is 893. The van der Waals surface area contributed by atoms with E-state index in [-0.39, 0.29) is 18.2 Å². The summed E-state index contributed by atoms with van der Waals surface area (Å²) in [5.41, 5.74) is 1.78. The van der Waals surface area contributed by atoms with Gasteiger partial charge in [0.25, 0.3) is 0 Å². The average Bonchev–Trinajstić information content (AvgIpc) is 2.81. The van der Waals surface area contributed by atoms with Gasteiger partial charge in [-0.25, -0.2) is 8.42 Å². The summed E-state index contributed by atoms with van der Waals surface area (Å²) < 4.78 is 25.4. The molecular weight excluding hydrogens is 390 g/mol. The minimum Gasteiger partial charge on any atom is -0.341 e. The van der Waals surface area contributed by atoms with E-state index in [0.717, 1.165) is 11.1 Å². The highest BCUT2D eigenvalue weighted by Gasteiger charge is 2.32. The molecule has 6 heteroatoms. The molecule has 3 rings (SSSR count). The molecule has 0 spiro atoms. The molecule has 1 saturated heterocycles. The lowest BCUT2D eigenvalue weighted by atomic mass is 10.1.